The van der Waals surface area contributed by atoms with E-state index < -0.39 is 0 Å². The molecule has 0 bridgehead atoms. The molecule has 0 saturated heterocycles. The zero-order valence-corrected chi connectivity index (χ0v) is 12.1. The molecule has 19 heavy (non-hydrogen) atoms. The van der Waals surface area contributed by atoms with E-state index in [-0.39, 0.29) is 5.41 Å². The molecule has 0 fully saturated rings. The van der Waals surface area contributed by atoms with E-state index in [1.165, 1.54) is 5.57 Å². The van der Waals surface area contributed by atoms with Gasteiger partial charge in [-0.15, -0.1) is 0 Å². The average Bonchev–Trinajstić information content (AvgIpc) is 2.46. The topological polar surface area (TPSA) is 12.9 Å². The van der Waals surface area contributed by atoms with Crippen LogP contribution in [0.25, 0.3) is 5.57 Å². The first-order valence-electron chi connectivity index (χ1n) is 7.11. The first-order valence-corrected chi connectivity index (χ1v) is 7.11. The fourth-order valence-corrected chi connectivity index (χ4v) is 2.67. The third-order valence-electron chi connectivity index (χ3n) is 3.80. The van der Waals surface area contributed by atoms with Crippen LogP contribution in [0.4, 0.5) is 0 Å². The summed E-state index contributed by atoms with van der Waals surface area (Å²) < 4.78 is 0. The van der Waals surface area contributed by atoms with Gasteiger partial charge in [0.1, 0.15) is 0 Å². The molecule has 1 aromatic rings. The number of rotatable bonds is 4. The van der Waals surface area contributed by atoms with Gasteiger partial charge in [0.25, 0.3) is 0 Å². The highest BCUT2D eigenvalue weighted by Crippen LogP contribution is 2.42. The van der Waals surface area contributed by atoms with Gasteiger partial charge in [0.15, 0.2) is 0 Å². The number of aromatic nitrogens is 1. The van der Waals surface area contributed by atoms with Crippen molar-refractivity contribution in [3.05, 3.63) is 60.5 Å². The summed E-state index contributed by atoms with van der Waals surface area (Å²) in [7, 11) is 0. The van der Waals surface area contributed by atoms with E-state index in [2.05, 4.69) is 68.3 Å². The van der Waals surface area contributed by atoms with Crippen molar-refractivity contribution in [2.24, 2.45) is 11.3 Å². The van der Waals surface area contributed by atoms with E-state index in [1.807, 2.05) is 12.3 Å². The van der Waals surface area contributed by atoms with Crippen molar-refractivity contribution in [3.63, 3.8) is 0 Å². The Hall–Kier alpha value is -1.63. The Bertz CT molecular complexity index is 492. The lowest BCUT2D eigenvalue weighted by Crippen LogP contribution is -2.24. The average molecular weight is 253 g/mol. The van der Waals surface area contributed by atoms with Crippen molar-refractivity contribution in [2.45, 2.75) is 33.6 Å². The van der Waals surface area contributed by atoms with Crippen LogP contribution in [0.1, 0.15) is 39.3 Å². The largest absolute Gasteiger partial charge is 0.257 e. The van der Waals surface area contributed by atoms with Crippen molar-refractivity contribution in [1.29, 1.82) is 0 Å². The van der Waals surface area contributed by atoms with Gasteiger partial charge in [-0.3, -0.25) is 4.98 Å². The zero-order valence-electron chi connectivity index (χ0n) is 12.1. The van der Waals surface area contributed by atoms with Crippen molar-refractivity contribution < 1.29 is 0 Å². The normalized spacial score (nSPS) is 19.7. The molecule has 0 aromatic carbocycles. The Balaban J connectivity index is 2.33. The molecule has 1 aliphatic rings. The molecule has 0 saturated carbocycles. The molecule has 0 amide bonds. The van der Waals surface area contributed by atoms with Crippen molar-refractivity contribution in [3.8, 4) is 0 Å². The lowest BCUT2D eigenvalue weighted by Gasteiger charge is -2.34. The Morgan fingerprint density at radius 2 is 2.21 bits per heavy atom. The van der Waals surface area contributed by atoms with Gasteiger partial charge in [0, 0.05) is 6.20 Å². The maximum absolute atomic E-state index is 4.52. The Morgan fingerprint density at radius 1 is 1.37 bits per heavy atom. The van der Waals surface area contributed by atoms with Gasteiger partial charge in [0.05, 0.1) is 5.69 Å². The molecular weight excluding hydrogens is 230 g/mol. The summed E-state index contributed by atoms with van der Waals surface area (Å²) in [5.74, 6) is 0.496. The second-order valence-corrected chi connectivity index (χ2v) is 5.69. The molecule has 2 rings (SSSR count). The molecule has 0 radical (unpaired) electrons. The van der Waals surface area contributed by atoms with E-state index in [0.717, 1.165) is 18.5 Å². The third kappa shape index (κ3) is 3.23. The van der Waals surface area contributed by atoms with Crippen LogP contribution >= 0.6 is 0 Å². The Labute approximate surface area is 116 Å². The molecular formula is C18H23N. The molecule has 1 heteroatoms. The van der Waals surface area contributed by atoms with Gasteiger partial charge >= 0.3 is 0 Å². The minimum atomic E-state index is 0.157. The van der Waals surface area contributed by atoms with Crippen molar-refractivity contribution in [2.75, 3.05) is 0 Å². The number of allylic oxidation sites excluding steroid dienone is 6. The van der Waals surface area contributed by atoms with Crippen LogP contribution in [-0.2, 0) is 0 Å². The summed E-state index contributed by atoms with van der Waals surface area (Å²) in [5, 5.41) is 0. The van der Waals surface area contributed by atoms with Gasteiger partial charge in [-0.2, -0.15) is 0 Å². The maximum Gasteiger partial charge on any atom is 0.0664 e. The number of pyridine rings is 1. The minimum absolute atomic E-state index is 0.157. The van der Waals surface area contributed by atoms with Gasteiger partial charge in [-0.05, 0) is 41.9 Å². The lowest BCUT2D eigenvalue weighted by atomic mass is 9.70. The number of nitrogens with zero attached hydrogens (tertiary/aromatic N) is 1. The van der Waals surface area contributed by atoms with E-state index >= 15 is 0 Å². The highest BCUT2D eigenvalue weighted by atomic mass is 14.7. The maximum atomic E-state index is 4.52. The van der Waals surface area contributed by atoms with E-state index in [0.29, 0.717) is 5.92 Å². The summed E-state index contributed by atoms with van der Waals surface area (Å²) in [4.78, 5) is 4.52. The molecule has 1 heterocycles. The van der Waals surface area contributed by atoms with Crippen LogP contribution in [0.3, 0.4) is 0 Å². The predicted octanol–water partition coefficient (Wildman–Crippen LogP) is 5.03. The van der Waals surface area contributed by atoms with Crippen LogP contribution in [0.5, 0.6) is 0 Å². The quantitative estimate of drug-likeness (QED) is 0.685. The monoisotopic (exact) mass is 253 g/mol. The summed E-state index contributed by atoms with van der Waals surface area (Å²) in [6.45, 7) is 6.82. The lowest BCUT2D eigenvalue weighted by molar-refractivity contribution is 0.353. The molecule has 1 aliphatic carbocycles. The molecule has 1 aromatic heterocycles. The summed E-state index contributed by atoms with van der Waals surface area (Å²) >= 11 is 0. The van der Waals surface area contributed by atoms with Crippen LogP contribution in [0.15, 0.2) is 54.8 Å². The van der Waals surface area contributed by atoms with Gasteiger partial charge in [-0.25, -0.2) is 0 Å². The standard InChI is InChI=1S/C18H23N/c1-4-5-13-18(2,3)16-11-7-6-10-15(16)17-12-8-9-14-19-17/h5-10,12-14,16H,4,11H2,1-3H3. The fraction of sp³-hybridized carbons (Fsp3) is 0.389. The van der Waals surface area contributed by atoms with Crippen molar-refractivity contribution in [1.82, 2.24) is 4.98 Å². The molecule has 0 aliphatic heterocycles. The van der Waals surface area contributed by atoms with Crippen molar-refractivity contribution >= 4 is 5.57 Å². The highest BCUT2D eigenvalue weighted by molar-refractivity contribution is 5.68. The Morgan fingerprint density at radius 3 is 2.89 bits per heavy atom. The molecule has 100 valence electrons. The van der Waals surface area contributed by atoms with E-state index in [1.54, 1.807) is 0 Å². The van der Waals surface area contributed by atoms with Gasteiger partial charge in [0.2, 0.25) is 0 Å². The first kappa shape index (κ1) is 13.8. The molecule has 0 N–H and O–H groups in total. The van der Waals surface area contributed by atoms with Gasteiger partial charge in [-0.1, -0.05) is 57.2 Å². The van der Waals surface area contributed by atoms with Gasteiger partial charge < -0.3 is 0 Å². The summed E-state index contributed by atoms with van der Waals surface area (Å²) in [5.41, 5.74) is 2.62. The molecule has 0 spiro atoms. The molecule has 1 nitrogen and oxygen atoms in total. The number of hydrogen-bond acceptors (Lipinski definition) is 1. The minimum Gasteiger partial charge on any atom is -0.257 e. The predicted molar refractivity (Wildman–Crippen MR) is 82.7 cm³/mol. The van der Waals surface area contributed by atoms with E-state index in [4.69, 9.17) is 0 Å². The van der Waals surface area contributed by atoms with Crippen LogP contribution < -0.4 is 0 Å². The first-order chi connectivity index (χ1) is 9.15. The van der Waals surface area contributed by atoms with E-state index in [9.17, 15) is 0 Å². The summed E-state index contributed by atoms with van der Waals surface area (Å²) in [6, 6.07) is 6.14. The smallest absolute Gasteiger partial charge is 0.0664 e. The second-order valence-electron chi connectivity index (χ2n) is 5.69. The van der Waals surface area contributed by atoms with Crippen LogP contribution in [0.2, 0.25) is 0 Å². The zero-order chi connectivity index (χ0) is 13.7. The van der Waals surface area contributed by atoms with Crippen LogP contribution in [0, 0.1) is 11.3 Å². The summed E-state index contributed by atoms with van der Waals surface area (Å²) in [6.07, 6.45) is 15.3. The molecule has 1 atom stereocenters. The SMILES string of the molecule is CCC=CC(C)(C)C1CC=CC=C1c1ccccn1. The second kappa shape index (κ2) is 6.01. The fourth-order valence-electron chi connectivity index (χ4n) is 2.67. The molecule has 1 unspecified atom stereocenters. The number of hydrogen-bond donors (Lipinski definition) is 0. The highest BCUT2D eigenvalue weighted by Gasteiger charge is 2.31. The Kier molecular flexibility index (Phi) is 4.36. The third-order valence-corrected chi connectivity index (χ3v) is 3.80. The van der Waals surface area contributed by atoms with Crippen LogP contribution in [-0.4, -0.2) is 4.98 Å².